The SMILES string of the molecule is O=C(O)c1ccc(CCCc2cc(Br)ccc2OCc2ccccc2)cc1. The molecule has 0 heterocycles. The Morgan fingerprint density at radius 2 is 1.63 bits per heavy atom. The maximum atomic E-state index is 10.9. The van der Waals surface area contributed by atoms with Crippen molar-refractivity contribution in [1.29, 1.82) is 0 Å². The average Bonchev–Trinajstić information content (AvgIpc) is 2.68. The van der Waals surface area contributed by atoms with E-state index in [0.717, 1.165) is 40.6 Å². The second-order valence-corrected chi connectivity index (χ2v) is 7.30. The molecule has 3 aromatic rings. The first-order chi connectivity index (χ1) is 13.1. The quantitative estimate of drug-likeness (QED) is 0.489. The fourth-order valence-electron chi connectivity index (χ4n) is 2.92. The second-order valence-electron chi connectivity index (χ2n) is 6.38. The molecule has 0 radical (unpaired) electrons. The minimum Gasteiger partial charge on any atom is -0.489 e. The number of halogens is 1. The zero-order valence-electron chi connectivity index (χ0n) is 14.9. The monoisotopic (exact) mass is 424 g/mol. The van der Waals surface area contributed by atoms with E-state index in [4.69, 9.17) is 9.84 Å². The van der Waals surface area contributed by atoms with Crippen LogP contribution in [0.4, 0.5) is 0 Å². The molecule has 0 unspecified atom stereocenters. The van der Waals surface area contributed by atoms with Crippen LogP contribution in [-0.2, 0) is 19.4 Å². The predicted octanol–water partition coefficient (Wildman–Crippen LogP) is 5.90. The van der Waals surface area contributed by atoms with Gasteiger partial charge in [-0.25, -0.2) is 4.79 Å². The highest BCUT2D eigenvalue weighted by Gasteiger charge is 2.07. The van der Waals surface area contributed by atoms with Crippen molar-refractivity contribution in [3.63, 3.8) is 0 Å². The summed E-state index contributed by atoms with van der Waals surface area (Å²) in [6.45, 7) is 0.548. The van der Waals surface area contributed by atoms with Gasteiger partial charge in [0.25, 0.3) is 0 Å². The van der Waals surface area contributed by atoms with Crippen LogP contribution in [0.2, 0.25) is 0 Å². The van der Waals surface area contributed by atoms with Crippen molar-refractivity contribution in [1.82, 2.24) is 0 Å². The number of carboxylic acid groups (broad SMARTS) is 1. The smallest absolute Gasteiger partial charge is 0.335 e. The molecular formula is C23H21BrO3. The molecule has 3 rings (SSSR count). The lowest BCUT2D eigenvalue weighted by atomic mass is 10.0. The molecule has 0 bridgehead atoms. The molecule has 0 aliphatic carbocycles. The first-order valence-corrected chi connectivity index (χ1v) is 9.68. The Labute approximate surface area is 167 Å². The summed E-state index contributed by atoms with van der Waals surface area (Å²) >= 11 is 3.54. The highest BCUT2D eigenvalue weighted by molar-refractivity contribution is 9.10. The molecule has 0 spiro atoms. The molecule has 0 aromatic heterocycles. The minimum atomic E-state index is -0.893. The molecule has 4 heteroatoms. The Balaban J connectivity index is 1.60. The normalized spacial score (nSPS) is 10.6. The lowest BCUT2D eigenvalue weighted by Crippen LogP contribution is -2.00. The number of carboxylic acids is 1. The molecule has 0 saturated carbocycles. The first-order valence-electron chi connectivity index (χ1n) is 8.89. The third-order valence-corrected chi connectivity index (χ3v) is 4.87. The molecule has 0 aliphatic rings. The van der Waals surface area contributed by atoms with Crippen LogP contribution in [-0.4, -0.2) is 11.1 Å². The number of carbonyl (C=O) groups is 1. The molecule has 27 heavy (non-hydrogen) atoms. The first kappa shape index (κ1) is 19.2. The lowest BCUT2D eigenvalue weighted by Gasteiger charge is -2.12. The minimum absolute atomic E-state index is 0.322. The molecule has 138 valence electrons. The van der Waals surface area contributed by atoms with E-state index < -0.39 is 5.97 Å². The van der Waals surface area contributed by atoms with E-state index in [9.17, 15) is 4.79 Å². The zero-order chi connectivity index (χ0) is 19.1. The van der Waals surface area contributed by atoms with Gasteiger partial charge in [-0.1, -0.05) is 58.4 Å². The van der Waals surface area contributed by atoms with Gasteiger partial charge in [-0.3, -0.25) is 0 Å². The zero-order valence-corrected chi connectivity index (χ0v) is 16.5. The lowest BCUT2D eigenvalue weighted by molar-refractivity contribution is 0.0697. The largest absolute Gasteiger partial charge is 0.489 e. The summed E-state index contributed by atoms with van der Waals surface area (Å²) < 4.78 is 7.07. The average molecular weight is 425 g/mol. The van der Waals surface area contributed by atoms with Gasteiger partial charge in [0.1, 0.15) is 12.4 Å². The van der Waals surface area contributed by atoms with E-state index in [2.05, 4.69) is 34.1 Å². The van der Waals surface area contributed by atoms with Gasteiger partial charge >= 0.3 is 5.97 Å². The van der Waals surface area contributed by atoms with E-state index in [0.29, 0.717) is 12.2 Å². The van der Waals surface area contributed by atoms with Crippen LogP contribution in [0.15, 0.2) is 77.3 Å². The van der Waals surface area contributed by atoms with E-state index in [1.54, 1.807) is 12.1 Å². The van der Waals surface area contributed by atoms with Gasteiger partial charge in [0.05, 0.1) is 5.56 Å². The third-order valence-electron chi connectivity index (χ3n) is 4.37. The van der Waals surface area contributed by atoms with Gasteiger partial charge in [0, 0.05) is 4.47 Å². The molecule has 0 aliphatic heterocycles. The fraction of sp³-hybridized carbons (Fsp3) is 0.174. The van der Waals surface area contributed by atoms with Crippen LogP contribution < -0.4 is 4.74 Å². The van der Waals surface area contributed by atoms with Crippen LogP contribution in [0.25, 0.3) is 0 Å². The van der Waals surface area contributed by atoms with Crippen molar-refractivity contribution in [3.05, 3.63) is 99.5 Å². The summed E-state index contributed by atoms with van der Waals surface area (Å²) in [5.74, 6) is 0.0131. The van der Waals surface area contributed by atoms with Crippen molar-refractivity contribution < 1.29 is 14.6 Å². The van der Waals surface area contributed by atoms with Crippen molar-refractivity contribution in [2.75, 3.05) is 0 Å². The number of aromatic carboxylic acids is 1. The molecule has 0 saturated heterocycles. The Kier molecular flexibility index (Phi) is 6.66. The van der Waals surface area contributed by atoms with Crippen molar-refractivity contribution >= 4 is 21.9 Å². The third kappa shape index (κ3) is 5.69. The summed E-state index contributed by atoms with van der Waals surface area (Å²) in [4.78, 5) is 10.9. The summed E-state index contributed by atoms with van der Waals surface area (Å²) in [6.07, 6.45) is 2.75. The predicted molar refractivity (Wildman–Crippen MR) is 110 cm³/mol. The Morgan fingerprint density at radius 3 is 2.33 bits per heavy atom. The highest BCUT2D eigenvalue weighted by atomic mass is 79.9. The van der Waals surface area contributed by atoms with Crippen LogP contribution in [0.5, 0.6) is 5.75 Å². The summed E-state index contributed by atoms with van der Waals surface area (Å²) in [6, 6.07) is 23.3. The van der Waals surface area contributed by atoms with Gasteiger partial charge in [0.2, 0.25) is 0 Å². The van der Waals surface area contributed by atoms with Crippen LogP contribution >= 0.6 is 15.9 Å². The molecule has 1 N–H and O–H groups in total. The maximum absolute atomic E-state index is 10.9. The van der Waals surface area contributed by atoms with E-state index in [-0.39, 0.29) is 0 Å². The van der Waals surface area contributed by atoms with Gasteiger partial charge in [-0.05, 0) is 66.3 Å². The van der Waals surface area contributed by atoms with Crippen LogP contribution in [0.3, 0.4) is 0 Å². The molecular weight excluding hydrogens is 404 g/mol. The maximum Gasteiger partial charge on any atom is 0.335 e. The number of benzene rings is 3. The standard InChI is InChI=1S/C23H21BrO3/c24-21-13-14-22(27-16-18-5-2-1-3-6-18)20(15-21)8-4-7-17-9-11-19(12-10-17)23(25)26/h1-3,5-6,9-15H,4,7-8,16H2,(H,25,26). The second kappa shape index (κ2) is 9.38. The van der Waals surface area contributed by atoms with E-state index in [1.165, 1.54) is 5.56 Å². The van der Waals surface area contributed by atoms with Crippen molar-refractivity contribution in [2.45, 2.75) is 25.9 Å². The van der Waals surface area contributed by atoms with Gasteiger partial charge in [0.15, 0.2) is 0 Å². The molecule has 0 fully saturated rings. The molecule has 3 aromatic carbocycles. The Hall–Kier alpha value is -2.59. The summed E-state index contributed by atoms with van der Waals surface area (Å²) in [5, 5.41) is 8.97. The van der Waals surface area contributed by atoms with Crippen LogP contribution in [0, 0.1) is 0 Å². The number of aryl methyl sites for hydroxylation is 2. The van der Waals surface area contributed by atoms with Crippen molar-refractivity contribution in [3.8, 4) is 5.75 Å². The van der Waals surface area contributed by atoms with Crippen LogP contribution in [0.1, 0.15) is 33.5 Å². The number of rotatable bonds is 8. The van der Waals surface area contributed by atoms with E-state index in [1.807, 2.05) is 42.5 Å². The molecule has 0 atom stereocenters. The molecule has 3 nitrogen and oxygen atoms in total. The molecule has 0 amide bonds. The van der Waals surface area contributed by atoms with Gasteiger partial charge in [-0.2, -0.15) is 0 Å². The fourth-order valence-corrected chi connectivity index (χ4v) is 3.32. The number of ether oxygens (including phenoxy) is 1. The summed E-state index contributed by atoms with van der Waals surface area (Å²) in [5.41, 5.74) is 3.77. The Bertz CT molecular complexity index is 889. The number of hydrogen-bond donors (Lipinski definition) is 1. The topological polar surface area (TPSA) is 46.5 Å². The number of hydrogen-bond acceptors (Lipinski definition) is 2. The van der Waals surface area contributed by atoms with Gasteiger partial charge in [-0.15, -0.1) is 0 Å². The van der Waals surface area contributed by atoms with Crippen molar-refractivity contribution in [2.24, 2.45) is 0 Å². The summed E-state index contributed by atoms with van der Waals surface area (Å²) in [7, 11) is 0. The highest BCUT2D eigenvalue weighted by Crippen LogP contribution is 2.26. The van der Waals surface area contributed by atoms with E-state index >= 15 is 0 Å². The van der Waals surface area contributed by atoms with Gasteiger partial charge < -0.3 is 9.84 Å². The Morgan fingerprint density at radius 1 is 0.889 bits per heavy atom.